The van der Waals surface area contributed by atoms with Crippen LogP contribution >= 0.6 is 15.9 Å². The smallest absolute Gasteiger partial charge is 0.272 e. The molecule has 0 radical (unpaired) electrons. The van der Waals surface area contributed by atoms with Gasteiger partial charge in [0.1, 0.15) is 17.8 Å². The molecule has 0 aliphatic rings. The largest absolute Gasteiger partial charge is 0.356 e. The maximum absolute atomic E-state index is 13.8. The van der Waals surface area contributed by atoms with E-state index in [2.05, 4.69) is 41.8 Å². The molecule has 0 spiro atoms. The highest BCUT2D eigenvalue weighted by atomic mass is 79.9. The third kappa shape index (κ3) is 2.82. The van der Waals surface area contributed by atoms with Crippen LogP contribution in [0.15, 0.2) is 41.3 Å². The number of aromatic nitrogens is 5. The van der Waals surface area contributed by atoms with Gasteiger partial charge in [0, 0.05) is 10.7 Å². The lowest BCUT2D eigenvalue weighted by molar-refractivity contribution is 0.102. The summed E-state index contributed by atoms with van der Waals surface area (Å²) in [5.74, 6) is -1.00. The normalized spacial score (nSPS) is 10.6. The van der Waals surface area contributed by atoms with Crippen molar-refractivity contribution in [3.63, 3.8) is 0 Å². The lowest BCUT2D eigenvalue weighted by Crippen LogP contribution is -2.13. The Morgan fingerprint density at radius 1 is 1.38 bits per heavy atom. The van der Waals surface area contributed by atoms with Crippen molar-refractivity contribution < 1.29 is 9.18 Å². The Labute approximate surface area is 126 Å². The van der Waals surface area contributed by atoms with Gasteiger partial charge < -0.3 is 10.3 Å². The van der Waals surface area contributed by atoms with Crippen molar-refractivity contribution in [3.8, 4) is 5.69 Å². The molecule has 1 aromatic carbocycles. The summed E-state index contributed by atoms with van der Waals surface area (Å²) < 4.78 is 15.9. The first-order valence-electron chi connectivity index (χ1n) is 5.81. The Hall–Kier alpha value is -2.55. The van der Waals surface area contributed by atoms with Gasteiger partial charge in [-0.1, -0.05) is 0 Å². The molecule has 0 saturated heterocycles. The van der Waals surface area contributed by atoms with Crippen LogP contribution in [0.2, 0.25) is 0 Å². The Bertz CT molecular complexity index is 785. The molecule has 0 aliphatic heterocycles. The first-order valence-corrected chi connectivity index (χ1v) is 6.61. The average Bonchev–Trinajstić information content (AvgIpc) is 3.12. The zero-order valence-corrected chi connectivity index (χ0v) is 12.0. The van der Waals surface area contributed by atoms with Gasteiger partial charge in [-0.2, -0.15) is 0 Å². The Balaban J connectivity index is 1.88. The topological polar surface area (TPSA) is 88.5 Å². The van der Waals surface area contributed by atoms with E-state index in [-0.39, 0.29) is 5.69 Å². The Kier molecular flexibility index (Phi) is 3.48. The molecule has 106 valence electrons. The summed E-state index contributed by atoms with van der Waals surface area (Å²) >= 11 is 3.23. The molecule has 2 N–H and O–H groups in total. The SMILES string of the molecule is O=C(Nc1cc(-n2cnnn2)ccc1F)c1cc(Br)c[nH]1. The van der Waals surface area contributed by atoms with Crippen molar-refractivity contribution in [2.45, 2.75) is 0 Å². The number of rotatable bonds is 3. The molecular formula is C12H8BrFN6O. The molecule has 3 rings (SSSR count). The number of amides is 1. The number of hydrogen-bond acceptors (Lipinski definition) is 4. The summed E-state index contributed by atoms with van der Waals surface area (Å²) in [6, 6.07) is 5.78. The van der Waals surface area contributed by atoms with Gasteiger partial charge in [-0.05, 0) is 50.6 Å². The average molecular weight is 351 g/mol. The molecule has 0 unspecified atom stereocenters. The van der Waals surface area contributed by atoms with E-state index in [4.69, 9.17) is 0 Å². The van der Waals surface area contributed by atoms with E-state index in [9.17, 15) is 9.18 Å². The van der Waals surface area contributed by atoms with Crippen LogP contribution in [0, 0.1) is 5.82 Å². The van der Waals surface area contributed by atoms with Gasteiger partial charge in [-0.25, -0.2) is 9.07 Å². The maximum atomic E-state index is 13.8. The summed E-state index contributed by atoms with van der Waals surface area (Å²) in [5, 5.41) is 13.2. The van der Waals surface area contributed by atoms with Gasteiger partial charge in [0.25, 0.3) is 5.91 Å². The summed E-state index contributed by atoms with van der Waals surface area (Å²) in [5.41, 5.74) is 0.886. The number of aromatic amines is 1. The Morgan fingerprint density at radius 3 is 2.90 bits per heavy atom. The highest BCUT2D eigenvalue weighted by molar-refractivity contribution is 9.10. The highest BCUT2D eigenvalue weighted by Crippen LogP contribution is 2.19. The third-order valence-electron chi connectivity index (χ3n) is 2.70. The number of H-pyrrole nitrogens is 1. The molecule has 2 heterocycles. The second kappa shape index (κ2) is 5.44. The van der Waals surface area contributed by atoms with Gasteiger partial charge in [-0.15, -0.1) is 5.10 Å². The molecule has 3 aromatic rings. The lowest BCUT2D eigenvalue weighted by Gasteiger charge is -2.07. The van der Waals surface area contributed by atoms with E-state index in [0.717, 1.165) is 4.47 Å². The number of tetrazole rings is 1. The molecule has 0 saturated carbocycles. The van der Waals surface area contributed by atoms with Gasteiger partial charge >= 0.3 is 0 Å². The predicted octanol–water partition coefficient (Wildman–Crippen LogP) is 2.14. The summed E-state index contributed by atoms with van der Waals surface area (Å²) in [6.45, 7) is 0. The van der Waals surface area contributed by atoms with Crippen LogP contribution in [-0.4, -0.2) is 31.1 Å². The van der Waals surface area contributed by atoms with Gasteiger partial charge in [0.05, 0.1) is 11.4 Å². The zero-order valence-electron chi connectivity index (χ0n) is 10.4. The number of hydrogen-bond donors (Lipinski definition) is 2. The van der Waals surface area contributed by atoms with Crippen LogP contribution in [0.4, 0.5) is 10.1 Å². The third-order valence-corrected chi connectivity index (χ3v) is 3.16. The van der Waals surface area contributed by atoms with Gasteiger partial charge in [0.15, 0.2) is 0 Å². The first kappa shape index (κ1) is 13.4. The van der Waals surface area contributed by atoms with Crippen molar-refractivity contribution in [1.82, 2.24) is 25.2 Å². The highest BCUT2D eigenvalue weighted by Gasteiger charge is 2.12. The molecule has 1 amide bonds. The number of nitrogens with zero attached hydrogens (tertiary/aromatic N) is 4. The van der Waals surface area contributed by atoms with Gasteiger partial charge in [0.2, 0.25) is 0 Å². The van der Waals surface area contributed by atoms with Crippen LogP contribution in [0.5, 0.6) is 0 Å². The van der Waals surface area contributed by atoms with Crippen LogP contribution < -0.4 is 5.32 Å². The van der Waals surface area contributed by atoms with E-state index in [0.29, 0.717) is 11.4 Å². The van der Waals surface area contributed by atoms with Gasteiger partial charge in [-0.3, -0.25) is 4.79 Å². The lowest BCUT2D eigenvalue weighted by atomic mass is 10.2. The maximum Gasteiger partial charge on any atom is 0.272 e. The second-order valence-electron chi connectivity index (χ2n) is 4.10. The number of nitrogens with one attached hydrogen (secondary N) is 2. The van der Waals surface area contributed by atoms with E-state index in [1.54, 1.807) is 12.3 Å². The number of carbonyl (C=O) groups excluding carboxylic acids is 1. The van der Waals surface area contributed by atoms with Crippen molar-refractivity contribution in [1.29, 1.82) is 0 Å². The summed E-state index contributed by atoms with van der Waals surface area (Å²) in [4.78, 5) is 14.8. The first-order chi connectivity index (χ1) is 10.1. The van der Waals surface area contributed by atoms with Crippen molar-refractivity contribution in [2.24, 2.45) is 0 Å². The van der Waals surface area contributed by atoms with Crippen LogP contribution in [-0.2, 0) is 0 Å². The number of halogens is 2. The van der Waals surface area contributed by atoms with Crippen molar-refractivity contribution in [2.75, 3.05) is 5.32 Å². The Morgan fingerprint density at radius 2 is 2.24 bits per heavy atom. The van der Waals surface area contributed by atoms with Crippen molar-refractivity contribution >= 4 is 27.5 Å². The number of carbonyl (C=O) groups is 1. The van der Waals surface area contributed by atoms with Crippen LogP contribution in [0.1, 0.15) is 10.5 Å². The van der Waals surface area contributed by atoms with Crippen LogP contribution in [0.25, 0.3) is 5.69 Å². The standard InChI is InChI=1S/C12H8BrFN6O/c13-7-3-11(15-5-7)12(21)17-10-4-8(1-2-9(10)14)20-6-16-18-19-20/h1-6,15H,(H,17,21). The molecule has 2 aromatic heterocycles. The summed E-state index contributed by atoms with van der Waals surface area (Å²) in [6.07, 6.45) is 2.99. The monoisotopic (exact) mass is 350 g/mol. The minimum atomic E-state index is -0.550. The fraction of sp³-hybridized carbons (Fsp3) is 0. The fourth-order valence-electron chi connectivity index (χ4n) is 1.72. The summed E-state index contributed by atoms with van der Waals surface area (Å²) in [7, 11) is 0. The number of benzene rings is 1. The van der Waals surface area contributed by atoms with Crippen LogP contribution in [0.3, 0.4) is 0 Å². The molecule has 0 aliphatic carbocycles. The molecular weight excluding hydrogens is 343 g/mol. The fourth-order valence-corrected chi connectivity index (χ4v) is 2.06. The molecule has 0 atom stereocenters. The molecule has 7 nitrogen and oxygen atoms in total. The zero-order chi connectivity index (χ0) is 14.8. The van der Waals surface area contributed by atoms with E-state index >= 15 is 0 Å². The molecule has 21 heavy (non-hydrogen) atoms. The second-order valence-corrected chi connectivity index (χ2v) is 5.02. The predicted molar refractivity (Wildman–Crippen MR) is 75.6 cm³/mol. The minimum absolute atomic E-state index is 0.0405. The quantitative estimate of drug-likeness (QED) is 0.757. The molecule has 9 heteroatoms. The van der Waals surface area contributed by atoms with Crippen molar-refractivity contribution in [3.05, 3.63) is 52.8 Å². The van der Waals surface area contributed by atoms with E-state index in [1.165, 1.54) is 29.2 Å². The minimum Gasteiger partial charge on any atom is -0.356 e. The number of anilines is 1. The van der Waals surface area contributed by atoms with E-state index < -0.39 is 11.7 Å². The molecule has 0 fully saturated rings. The molecule has 0 bridgehead atoms. The van der Waals surface area contributed by atoms with E-state index in [1.807, 2.05) is 0 Å².